The molecule has 1 aromatic carbocycles. The van der Waals surface area contributed by atoms with Gasteiger partial charge in [-0.15, -0.1) is 0 Å². The lowest BCUT2D eigenvalue weighted by Crippen LogP contribution is -1.95. The Hall–Kier alpha value is -0.260. The molecule has 13 heavy (non-hydrogen) atoms. The fourth-order valence-corrected chi connectivity index (χ4v) is 1.68. The van der Waals surface area contributed by atoms with Crippen LogP contribution in [0.5, 0.6) is 5.75 Å². The van der Waals surface area contributed by atoms with E-state index in [0.717, 1.165) is 11.3 Å². The molecule has 1 aromatic rings. The van der Waals surface area contributed by atoms with Crippen molar-refractivity contribution in [3.8, 4) is 5.75 Å². The normalized spacial score (nSPS) is 13.0. The van der Waals surface area contributed by atoms with E-state index in [1.54, 1.807) is 0 Å². The Kier molecular flexibility index (Phi) is 4.02. The van der Waals surface area contributed by atoms with Gasteiger partial charge in [0, 0.05) is 5.66 Å². The first-order valence-electron chi connectivity index (χ1n) is 4.30. The third-order valence-electron chi connectivity index (χ3n) is 1.69. The molecule has 0 N–H and O–H groups in total. The van der Waals surface area contributed by atoms with Crippen LogP contribution in [0.2, 0.25) is 0 Å². The maximum Gasteiger partial charge on any atom is 0.185 e. The van der Waals surface area contributed by atoms with Gasteiger partial charge in [-0.05, 0) is 29.8 Å². The molecule has 0 radical (unpaired) electrons. The largest absolute Gasteiger partial charge is 0.457 e. The summed E-state index contributed by atoms with van der Waals surface area (Å²) in [4.78, 5) is 0. The number of halogens is 1. The highest BCUT2D eigenvalue weighted by molar-refractivity contribution is 7.80. The van der Waals surface area contributed by atoms with Gasteiger partial charge in [-0.2, -0.15) is 0 Å². The van der Waals surface area contributed by atoms with Gasteiger partial charge in [0.1, 0.15) is 5.75 Å². The van der Waals surface area contributed by atoms with Crippen LogP contribution in [0.1, 0.15) is 19.4 Å². The van der Waals surface area contributed by atoms with Crippen LogP contribution in [-0.4, -0.2) is 5.66 Å². The molecule has 0 aliphatic heterocycles. The zero-order valence-corrected chi connectivity index (χ0v) is 9.77. The molecule has 0 aromatic heterocycles. The first kappa shape index (κ1) is 10.8. The monoisotopic (exact) mass is 216 g/mol. The van der Waals surface area contributed by atoms with Gasteiger partial charge < -0.3 is 4.52 Å². The molecule has 0 spiro atoms. The Labute approximate surface area is 85.7 Å². The number of aryl methyl sites for hydroxylation is 1. The molecule has 0 fully saturated rings. The minimum atomic E-state index is -0.860. The van der Waals surface area contributed by atoms with Gasteiger partial charge in [-0.1, -0.05) is 32.0 Å². The minimum absolute atomic E-state index is 0.385. The second-order valence-electron chi connectivity index (χ2n) is 3.22. The Morgan fingerprint density at radius 3 is 2.46 bits per heavy atom. The van der Waals surface area contributed by atoms with Gasteiger partial charge in [0.25, 0.3) is 0 Å². The molecule has 1 unspecified atom stereocenters. The molecule has 72 valence electrons. The third kappa shape index (κ3) is 3.17. The molecule has 0 heterocycles. The molecular formula is C10H14ClOP. The fourth-order valence-electron chi connectivity index (χ4n) is 0.858. The van der Waals surface area contributed by atoms with E-state index in [4.69, 9.17) is 15.8 Å². The smallest absolute Gasteiger partial charge is 0.185 e. The standard InChI is InChI=1S/C10H14ClOP/c1-8(2)13(11)12-10-7-5-4-6-9(10)3/h4-8H,1-3H3. The summed E-state index contributed by atoms with van der Waals surface area (Å²) >= 11 is 6.06. The van der Waals surface area contributed by atoms with Crippen LogP contribution in [0.4, 0.5) is 0 Å². The lowest BCUT2D eigenvalue weighted by molar-refractivity contribution is 0.611. The molecule has 0 saturated heterocycles. The lowest BCUT2D eigenvalue weighted by atomic mass is 10.2. The maximum atomic E-state index is 6.06. The van der Waals surface area contributed by atoms with Crippen molar-refractivity contribution in [3.05, 3.63) is 29.8 Å². The van der Waals surface area contributed by atoms with Gasteiger partial charge >= 0.3 is 0 Å². The molecule has 0 aliphatic carbocycles. The van der Waals surface area contributed by atoms with Gasteiger partial charge in [-0.3, -0.25) is 0 Å². The average molecular weight is 217 g/mol. The molecule has 0 aliphatic rings. The van der Waals surface area contributed by atoms with E-state index in [2.05, 4.69) is 13.8 Å². The topological polar surface area (TPSA) is 9.23 Å². The van der Waals surface area contributed by atoms with Crippen molar-refractivity contribution in [2.45, 2.75) is 26.4 Å². The van der Waals surface area contributed by atoms with Crippen molar-refractivity contribution >= 4 is 18.7 Å². The highest BCUT2D eigenvalue weighted by atomic mass is 35.7. The summed E-state index contributed by atoms with van der Waals surface area (Å²) < 4.78 is 5.64. The molecule has 0 amide bonds. The van der Waals surface area contributed by atoms with E-state index in [9.17, 15) is 0 Å². The number of hydrogen-bond donors (Lipinski definition) is 0. The quantitative estimate of drug-likeness (QED) is 0.684. The predicted octanol–water partition coefficient (Wildman–Crippen LogP) is 4.33. The zero-order chi connectivity index (χ0) is 9.84. The summed E-state index contributed by atoms with van der Waals surface area (Å²) in [5.41, 5.74) is 1.52. The molecule has 0 bridgehead atoms. The SMILES string of the molecule is Cc1ccccc1OP(Cl)C(C)C. The van der Waals surface area contributed by atoms with Crippen molar-refractivity contribution in [3.63, 3.8) is 0 Å². The first-order chi connectivity index (χ1) is 6.11. The molecular weight excluding hydrogens is 203 g/mol. The molecule has 3 heteroatoms. The zero-order valence-electron chi connectivity index (χ0n) is 8.12. The number of benzene rings is 1. The summed E-state index contributed by atoms with van der Waals surface area (Å²) in [6.45, 7) is 6.16. The van der Waals surface area contributed by atoms with E-state index in [1.165, 1.54) is 0 Å². The van der Waals surface area contributed by atoms with Crippen LogP contribution in [0.15, 0.2) is 24.3 Å². The van der Waals surface area contributed by atoms with E-state index in [0.29, 0.717) is 5.66 Å². The van der Waals surface area contributed by atoms with Crippen molar-refractivity contribution < 1.29 is 4.52 Å². The van der Waals surface area contributed by atoms with Crippen LogP contribution in [-0.2, 0) is 0 Å². The highest BCUT2D eigenvalue weighted by Gasteiger charge is 2.12. The van der Waals surface area contributed by atoms with Crippen molar-refractivity contribution in [2.24, 2.45) is 0 Å². The molecule has 0 saturated carbocycles. The van der Waals surface area contributed by atoms with E-state index in [1.807, 2.05) is 31.2 Å². The Bertz CT molecular complexity index is 275. The van der Waals surface area contributed by atoms with Crippen LogP contribution < -0.4 is 4.52 Å². The van der Waals surface area contributed by atoms with Gasteiger partial charge in [0.2, 0.25) is 0 Å². The summed E-state index contributed by atoms with van der Waals surface area (Å²) in [5.74, 6) is 0.900. The van der Waals surface area contributed by atoms with E-state index < -0.39 is 7.50 Å². The summed E-state index contributed by atoms with van der Waals surface area (Å²) in [6, 6.07) is 7.93. The van der Waals surface area contributed by atoms with E-state index >= 15 is 0 Å². The van der Waals surface area contributed by atoms with Gasteiger partial charge in [0.15, 0.2) is 7.50 Å². The molecule has 1 nitrogen and oxygen atoms in total. The Morgan fingerprint density at radius 2 is 1.92 bits per heavy atom. The minimum Gasteiger partial charge on any atom is -0.457 e. The Balaban J connectivity index is 2.69. The summed E-state index contributed by atoms with van der Waals surface area (Å²) in [5, 5.41) is 0. The van der Waals surface area contributed by atoms with Crippen LogP contribution >= 0.6 is 18.7 Å². The van der Waals surface area contributed by atoms with Crippen molar-refractivity contribution in [1.29, 1.82) is 0 Å². The van der Waals surface area contributed by atoms with Crippen molar-refractivity contribution in [1.82, 2.24) is 0 Å². The van der Waals surface area contributed by atoms with Gasteiger partial charge in [0.05, 0.1) is 0 Å². The number of para-hydroxylation sites is 1. The van der Waals surface area contributed by atoms with Crippen molar-refractivity contribution in [2.75, 3.05) is 0 Å². The lowest BCUT2D eigenvalue weighted by Gasteiger charge is -2.15. The highest BCUT2D eigenvalue weighted by Crippen LogP contribution is 2.47. The second-order valence-corrected chi connectivity index (χ2v) is 5.98. The second kappa shape index (κ2) is 4.83. The average Bonchev–Trinajstić information content (AvgIpc) is 2.08. The Morgan fingerprint density at radius 1 is 1.31 bits per heavy atom. The molecule has 1 rings (SSSR count). The molecule has 1 atom stereocenters. The number of rotatable bonds is 3. The first-order valence-corrected chi connectivity index (χ1v) is 6.53. The fraction of sp³-hybridized carbons (Fsp3) is 0.400. The van der Waals surface area contributed by atoms with Gasteiger partial charge in [-0.25, -0.2) is 0 Å². The predicted molar refractivity (Wildman–Crippen MR) is 59.7 cm³/mol. The summed E-state index contributed by atoms with van der Waals surface area (Å²) in [6.07, 6.45) is 0. The van der Waals surface area contributed by atoms with Crippen LogP contribution in [0, 0.1) is 6.92 Å². The third-order valence-corrected chi connectivity index (χ3v) is 4.25. The number of hydrogen-bond acceptors (Lipinski definition) is 1. The maximum absolute atomic E-state index is 6.06. The summed E-state index contributed by atoms with van der Waals surface area (Å²) in [7, 11) is -0.860. The van der Waals surface area contributed by atoms with E-state index in [-0.39, 0.29) is 0 Å². The van der Waals surface area contributed by atoms with Crippen LogP contribution in [0.25, 0.3) is 0 Å². The van der Waals surface area contributed by atoms with Crippen LogP contribution in [0.3, 0.4) is 0 Å².